The Morgan fingerprint density at radius 3 is 0.904 bits per heavy atom. The van der Waals surface area contributed by atoms with Crippen LogP contribution in [0.5, 0.6) is 0 Å². The molecule has 57 nitrogen and oxygen atoms in total. The third kappa shape index (κ3) is 31.1. The number of hydrogen-bond acceptors (Lipinski definition) is 57. The molecule has 6 atom stereocenters. The zero-order chi connectivity index (χ0) is 105. The summed E-state index contributed by atoms with van der Waals surface area (Å²) in [6, 6.07) is -0.553. The quantitative estimate of drug-likeness (QED) is 0.0199. The number of unbranched alkanes of at least 4 members (excludes halogenated alkanes) is 9. The van der Waals surface area contributed by atoms with Crippen molar-refractivity contribution < 1.29 is 258 Å². The van der Waals surface area contributed by atoms with Gasteiger partial charge in [0, 0.05) is 7.11 Å². The zero-order valence-electron chi connectivity index (χ0n) is 71.4. The van der Waals surface area contributed by atoms with E-state index >= 15 is 13.4 Å². The minimum absolute atomic E-state index is 0.0728. The van der Waals surface area contributed by atoms with Gasteiger partial charge in [-0.25, -0.2) is 0 Å². The topological polar surface area (TPSA) is 913 Å². The average Bonchev–Trinajstić information content (AvgIpc) is 0.613. The van der Waals surface area contributed by atoms with Gasteiger partial charge in [-0.3, -0.25) is 0 Å². The molecule has 136 heavy (non-hydrogen) atoms. The van der Waals surface area contributed by atoms with Gasteiger partial charge >= 0.3 is 197 Å². The molecule has 0 aromatic rings. The highest BCUT2D eigenvalue weighted by Gasteiger charge is 3.09. The van der Waals surface area contributed by atoms with Crippen molar-refractivity contribution in [2.45, 2.75) is 130 Å². The molecule has 0 rings (SSSR count). The summed E-state index contributed by atoms with van der Waals surface area (Å²) in [7, 11) is -164. The van der Waals surface area contributed by atoms with Crippen molar-refractivity contribution in [3.05, 3.63) is 0 Å². The molecule has 0 saturated carbocycles. The first-order valence-electron chi connectivity index (χ1n) is 36.1. The fraction of sp³-hybridized carbons (Fsp3) is 1.00. The number of hydrogen-bond donors (Lipinski definition) is 33. The van der Waals surface area contributed by atoms with E-state index in [1.165, 1.54) is 19.6 Å². The molecule has 744 valence electrons. The third-order valence-corrected chi connectivity index (χ3v) is 469. The SMILES string of the molecule is CCCCCCCCCCCC[Si](C)(O)O[Si](O[Si](O[Si](O[Si](C)(C)O[Si](C)(C)C)([Si](O[Si](O[Si]O)([Si]O)[Si]O)([Si](O[Si]O)([Si]O)[Si]O)[Si](O[Si]O)([Si]O)[Si]O)[Si](O[Si](O[Si]O)([Si]O)[Si](C)O)([Si](O[Si](O[Si]O)([Si]O)[Si]O)([Si](O[Si]O)([Si]O)[Si]O)[Si](O[Si]O)([Si]O)[Si]O)[Si](O[Si](C)([Si])OC)([Si](O[SiH]O)([Si]O)[Si]O)[Si](O[Si]=O)([Si]=O)[Si]=O)([Si](O[Si]O)([Si]O)[Si]O)[Si](O[Si]O)([Si]O)[Si]O)([Si]O)[Si]O. The minimum atomic E-state index is -10.0. The van der Waals surface area contributed by atoms with Crippen molar-refractivity contribution in [2.24, 2.45) is 0 Å². The lowest BCUT2D eigenvalue weighted by Crippen LogP contribution is -3.21. The van der Waals surface area contributed by atoms with Gasteiger partial charge in [0.1, 0.15) is 0 Å². The molecule has 0 aliphatic heterocycles. The summed E-state index contributed by atoms with van der Waals surface area (Å²) >= 11 is 0. The third-order valence-electron chi connectivity index (χ3n) is 18.5. The molecule has 0 aromatic carbocycles. The fourth-order valence-corrected chi connectivity index (χ4v) is 855. The van der Waals surface area contributed by atoms with Crippen molar-refractivity contribution in [1.29, 1.82) is 0 Å². The van der Waals surface area contributed by atoms with E-state index in [2.05, 4.69) is 9.76 Å². The van der Waals surface area contributed by atoms with Gasteiger partial charge in [0.15, 0.2) is 8.32 Å². The zero-order valence-corrected chi connectivity index (χ0v) is 130. The van der Waals surface area contributed by atoms with Gasteiger partial charge in [-0.1, -0.05) is 71.1 Å². The molecule has 68 radical (unpaired) electrons. The van der Waals surface area contributed by atoms with Gasteiger partial charge in [0.25, 0.3) is 116 Å². The summed E-state index contributed by atoms with van der Waals surface area (Å²) < 4.78 is 201. The van der Waals surface area contributed by atoms with Crippen LogP contribution in [0.2, 0.25) is 58.4 Å². The molecule has 0 aliphatic carbocycles. The van der Waals surface area contributed by atoms with Crippen LogP contribution in [0.3, 0.4) is 0 Å². The van der Waals surface area contributed by atoms with Crippen LogP contribution in [0.1, 0.15) is 71.1 Å². The smallest absolute Gasteiger partial charge is 0.571 e. The fourth-order valence-electron chi connectivity index (χ4n) is 13.5. The van der Waals surface area contributed by atoms with E-state index in [1.54, 1.807) is 0 Å². The van der Waals surface area contributed by atoms with Crippen molar-refractivity contribution >= 4 is 502 Å². The van der Waals surface area contributed by atoms with E-state index in [0.717, 1.165) is 64.7 Å². The predicted octanol–water partition coefficient (Wildman–Crippen LogP) is -32.8. The average molecular weight is 2880 g/mol. The maximum absolute atomic E-state index is 17.4. The first-order valence-corrected chi connectivity index (χ1v) is 152. The summed E-state index contributed by atoms with van der Waals surface area (Å²) in [4.78, 5) is 439. The van der Waals surface area contributed by atoms with Crippen LogP contribution < -0.4 is 0 Å². The molecule has 33 N–H and O–H groups in total. The van der Waals surface area contributed by atoms with Crippen molar-refractivity contribution in [2.75, 3.05) is 7.11 Å². The summed E-state index contributed by atoms with van der Waals surface area (Å²) in [5.74, 6) is 0. The van der Waals surface area contributed by atoms with Crippen LogP contribution in [0.4, 0.5) is 0 Å². The Labute approximate surface area is 887 Å². The predicted molar refractivity (Wildman–Crippen MR) is 543 cm³/mol. The molecule has 0 amide bonds. The van der Waals surface area contributed by atoms with Crippen molar-refractivity contribution in [1.82, 2.24) is 0 Å². The van der Waals surface area contributed by atoms with Crippen molar-refractivity contribution in [3.63, 3.8) is 0 Å². The van der Waals surface area contributed by atoms with Crippen LogP contribution >= 0.6 is 0 Å². The normalized spacial score (nSPS) is 16.8. The van der Waals surface area contributed by atoms with Crippen LogP contribution in [0, 0.1) is 0 Å². The lowest BCUT2D eigenvalue weighted by Gasteiger charge is -2.75. The van der Waals surface area contributed by atoms with Gasteiger partial charge < -0.3 is 258 Å². The Balaban J connectivity index is 17.5. The second kappa shape index (κ2) is 67.3. The molecule has 0 heterocycles. The Morgan fingerprint density at radius 2 is 0.625 bits per heavy atom. The maximum atomic E-state index is 17.4. The highest BCUT2D eigenvalue weighted by Crippen LogP contribution is 2.61. The van der Waals surface area contributed by atoms with Gasteiger partial charge in [0.2, 0.25) is 171 Å². The molecule has 6 unspecified atom stereocenters. The Hall–Kier alpha value is 9.66. The van der Waals surface area contributed by atoms with Gasteiger partial charge in [0.05, 0.1) is 9.76 Å². The molecule has 0 saturated heterocycles. The van der Waals surface area contributed by atoms with E-state index in [4.69, 9.17) is 86.7 Å². The van der Waals surface area contributed by atoms with Crippen LogP contribution in [-0.2, 0) is 100 Å². The van der Waals surface area contributed by atoms with Gasteiger partial charge in [-0.15, -0.1) is 0 Å². The Kier molecular flexibility index (Phi) is 72.1. The molecular formula is C21H86O57Si58. The highest BCUT2D eigenvalue weighted by molar-refractivity contribution is 8.35. The monoisotopic (exact) mass is 2870 g/mol. The molecule has 0 spiro atoms. The van der Waals surface area contributed by atoms with Crippen molar-refractivity contribution in [3.8, 4) is 0 Å². The second-order valence-electron chi connectivity index (χ2n) is 27.8. The second-order valence-corrected chi connectivity index (χ2v) is 271. The van der Waals surface area contributed by atoms with E-state index < -0.39 is 499 Å². The lowest BCUT2D eigenvalue weighted by atomic mass is 10.1. The molecule has 0 aromatic heterocycles. The first-order chi connectivity index (χ1) is 64.0. The standard InChI is InChI=1S/C21H86O57Si58/c1-11-12-13-14-15-16-17-18-19-20-21-117(9,57)72-121(95-37,96-38)74-123(125(98-40,99-41)62-83-25,126(100-42,101-43)63-84-26)78-124(71-116(7,8)70-115(4,5)6,133(127(102-44,103-45)64-85-27,128(104-46,105-47)65-86-28)75-119(91-33,92-34)59-80-22)134(77-122(97-39,61-82-24)114(3)56,135(73-118(10,79)58-2,129(106-48,107-49)66-87-29)130(108-50,109-51)67-88-30)136(131(110-52,111-53)68-89-31,132(112-54,113-55)69-90-32)76-120(93-35,94-36)60-81-23/h22-29,31-49,52-57,87H,11-21H2,1-10H3. The summed E-state index contributed by atoms with van der Waals surface area (Å²) in [5.41, 5.74) is 0. The maximum Gasteiger partial charge on any atom is 0.578 e. The van der Waals surface area contributed by atoms with Crippen LogP contribution in [0.15, 0.2) is 0 Å². The van der Waals surface area contributed by atoms with Gasteiger partial charge in [-0.2, -0.15) is 0 Å². The molecule has 115 heteroatoms. The summed E-state index contributed by atoms with van der Waals surface area (Å²) in [6.45, 7) is -87.7. The number of rotatable bonds is 88. The molecule has 0 aliphatic rings. The van der Waals surface area contributed by atoms with E-state index in [9.17, 15) is 158 Å². The lowest BCUT2D eigenvalue weighted by molar-refractivity contribution is 0.282. The van der Waals surface area contributed by atoms with E-state index in [-0.39, 0.29) is 12.8 Å². The Bertz CT molecular complexity index is 3210. The van der Waals surface area contributed by atoms with E-state index in [1.807, 2.05) is 6.92 Å². The van der Waals surface area contributed by atoms with Gasteiger partial charge in [-0.05, 0) is 58.4 Å². The largest absolute Gasteiger partial charge is 0.578 e. The summed E-state index contributed by atoms with van der Waals surface area (Å²) in [6.07, 6.45) is 6.50. The minimum Gasteiger partial charge on any atom is -0.571 e. The molecular weight excluding hydrogens is 2790 g/mol. The highest BCUT2D eigenvalue weighted by atomic mass is 30.6. The first kappa shape index (κ1) is 146. The van der Waals surface area contributed by atoms with Crippen LogP contribution in [-0.4, -0.2) is 668 Å². The van der Waals surface area contributed by atoms with E-state index in [0.29, 0.717) is 26.5 Å². The summed E-state index contributed by atoms with van der Waals surface area (Å²) in [5, 5.41) is 0. The molecule has 0 fully saturated rings. The molecule has 0 bridgehead atoms. The van der Waals surface area contributed by atoms with Crippen LogP contribution in [0.25, 0.3) is 0 Å². The Morgan fingerprint density at radius 1 is 0.309 bits per heavy atom.